The van der Waals surface area contributed by atoms with Crippen LogP contribution in [-0.2, 0) is 30.2 Å². The van der Waals surface area contributed by atoms with Gasteiger partial charge in [0.25, 0.3) is 0 Å². The summed E-state index contributed by atoms with van der Waals surface area (Å²) >= 11 is 0. The van der Waals surface area contributed by atoms with Crippen LogP contribution in [0.15, 0.2) is 18.2 Å². The van der Waals surface area contributed by atoms with E-state index in [-0.39, 0.29) is 30.8 Å². The zero-order valence-corrected chi connectivity index (χ0v) is 21.0. The molecule has 0 amide bonds. The first-order chi connectivity index (χ1) is 16.2. The monoisotopic (exact) mass is 497 g/mol. The molecule has 0 aliphatic rings. The fourth-order valence-electron chi connectivity index (χ4n) is 3.08. The highest BCUT2D eigenvalue weighted by molar-refractivity contribution is 5.79. The molecule has 0 fully saturated rings. The maximum absolute atomic E-state index is 12.1. The van der Waals surface area contributed by atoms with Crippen LogP contribution in [0.25, 0.3) is 0 Å². The summed E-state index contributed by atoms with van der Waals surface area (Å²) in [6.07, 6.45) is -3.29. The van der Waals surface area contributed by atoms with Gasteiger partial charge in [-0.25, -0.2) is 9.59 Å². The van der Waals surface area contributed by atoms with E-state index in [4.69, 9.17) is 29.4 Å². The number of benzene rings is 1. The van der Waals surface area contributed by atoms with E-state index in [1.54, 1.807) is 34.6 Å². The van der Waals surface area contributed by atoms with Crippen LogP contribution in [0.2, 0.25) is 0 Å². The fraction of sp³-hybridized carbons (Fsp3) is 0.583. The fourth-order valence-corrected chi connectivity index (χ4v) is 3.08. The summed E-state index contributed by atoms with van der Waals surface area (Å²) in [6, 6.07) is 4.11. The van der Waals surface area contributed by atoms with Crippen LogP contribution < -0.4 is 15.2 Å². The van der Waals surface area contributed by atoms with Crippen molar-refractivity contribution in [1.82, 2.24) is 0 Å². The Labute approximate surface area is 204 Å². The van der Waals surface area contributed by atoms with E-state index in [1.165, 1.54) is 18.2 Å². The van der Waals surface area contributed by atoms with Crippen LogP contribution in [0.3, 0.4) is 0 Å². The van der Waals surface area contributed by atoms with Gasteiger partial charge in [0.2, 0.25) is 0 Å². The highest BCUT2D eigenvalue weighted by atomic mass is 16.7. The number of hydrogen-bond donors (Lipinski definition) is 2. The first kappa shape index (κ1) is 29.7. The maximum atomic E-state index is 12.1. The summed E-state index contributed by atoms with van der Waals surface area (Å²) in [6.45, 7) is 9.90. The van der Waals surface area contributed by atoms with Gasteiger partial charge in [0.05, 0.1) is 12.2 Å². The molecule has 1 rings (SSSR count). The van der Waals surface area contributed by atoms with Crippen LogP contribution in [0, 0.1) is 0 Å². The van der Waals surface area contributed by atoms with Crippen molar-refractivity contribution in [1.29, 1.82) is 0 Å². The third-order valence-corrected chi connectivity index (χ3v) is 4.44. The van der Waals surface area contributed by atoms with E-state index in [0.717, 1.165) is 0 Å². The summed E-state index contributed by atoms with van der Waals surface area (Å²) in [5, 5.41) is 9.79. The number of nitrogens with two attached hydrogens (primary N) is 1. The lowest BCUT2D eigenvalue weighted by Gasteiger charge is -2.28. The van der Waals surface area contributed by atoms with Crippen molar-refractivity contribution in [3.05, 3.63) is 23.8 Å². The van der Waals surface area contributed by atoms with Gasteiger partial charge in [0.15, 0.2) is 11.5 Å². The Morgan fingerprint density at radius 1 is 0.914 bits per heavy atom. The Balaban J connectivity index is 3.18. The molecule has 196 valence electrons. The van der Waals surface area contributed by atoms with Gasteiger partial charge < -0.3 is 34.5 Å². The van der Waals surface area contributed by atoms with Crippen molar-refractivity contribution in [2.75, 3.05) is 0 Å². The summed E-state index contributed by atoms with van der Waals surface area (Å²) in [4.78, 5) is 47.8. The second-order valence-corrected chi connectivity index (χ2v) is 8.71. The molecule has 0 saturated carbocycles. The van der Waals surface area contributed by atoms with Gasteiger partial charge in [0, 0.05) is 19.3 Å². The SMILES string of the molecule is CCCC(=O)O[C@@H](C)CC(N)(Cc1ccc(OC(=O)OC(C)C)c(OC(=O)OC(C)C)c1)C(=O)O. The van der Waals surface area contributed by atoms with Crippen molar-refractivity contribution in [3.63, 3.8) is 0 Å². The number of carboxylic acids is 1. The zero-order chi connectivity index (χ0) is 26.8. The standard InChI is InChI=1S/C24H35NO10/c1-7-8-20(26)33-16(6)12-24(25,21(27)28)13-17-9-10-18(34-22(29)31-14(2)3)19(11-17)35-23(30)32-15(4)5/h9-11,14-16H,7-8,12-13,25H2,1-6H3,(H,27,28)/t16-,24?/m0/s1. The normalized spacial score (nSPS) is 13.5. The van der Waals surface area contributed by atoms with Crippen LogP contribution in [0.5, 0.6) is 11.5 Å². The molecule has 0 heterocycles. The van der Waals surface area contributed by atoms with Gasteiger partial charge >= 0.3 is 24.2 Å². The molecule has 0 radical (unpaired) electrons. The summed E-state index contributed by atoms with van der Waals surface area (Å²) in [5.74, 6) is -2.08. The van der Waals surface area contributed by atoms with Crippen LogP contribution in [0.4, 0.5) is 9.59 Å². The van der Waals surface area contributed by atoms with Crippen molar-refractivity contribution in [3.8, 4) is 11.5 Å². The molecule has 3 N–H and O–H groups in total. The van der Waals surface area contributed by atoms with Crippen molar-refractivity contribution in [2.45, 2.75) is 91.1 Å². The number of rotatable bonds is 12. The topological polar surface area (TPSA) is 161 Å². The highest BCUT2D eigenvalue weighted by Crippen LogP contribution is 2.31. The Bertz CT molecular complexity index is 898. The average molecular weight is 498 g/mol. The highest BCUT2D eigenvalue weighted by Gasteiger charge is 2.37. The van der Waals surface area contributed by atoms with Gasteiger partial charge in [0.1, 0.15) is 11.6 Å². The van der Waals surface area contributed by atoms with Gasteiger partial charge in [-0.3, -0.25) is 9.59 Å². The minimum absolute atomic E-state index is 0.139. The van der Waals surface area contributed by atoms with Crippen LogP contribution in [-0.4, -0.2) is 53.2 Å². The van der Waals surface area contributed by atoms with Crippen molar-refractivity contribution in [2.24, 2.45) is 5.73 Å². The van der Waals surface area contributed by atoms with E-state index in [0.29, 0.717) is 12.0 Å². The first-order valence-electron chi connectivity index (χ1n) is 11.4. The van der Waals surface area contributed by atoms with Crippen molar-refractivity contribution >= 4 is 24.2 Å². The molecule has 0 aromatic heterocycles. The lowest BCUT2D eigenvalue weighted by Crippen LogP contribution is -2.52. The predicted octanol–water partition coefficient (Wildman–Crippen LogP) is 3.98. The van der Waals surface area contributed by atoms with Crippen LogP contribution in [0.1, 0.15) is 66.4 Å². The Morgan fingerprint density at radius 3 is 1.94 bits per heavy atom. The minimum Gasteiger partial charge on any atom is -0.480 e. The molecule has 0 aliphatic carbocycles. The Kier molecular flexibility index (Phi) is 11.5. The quantitative estimate of drug-likeness (QED) is 0.244. The maximum Gasteiger partial charge on any atom is 0.514 e. The van der Waals surface area contributed by atoms with Gasteiger partial charge in [-0.15, -0.1) is 0 Å². The number of carbonyl (C=O) groups excluding carboxylic acids is 3. The number of carboxylic acid groups (broad SMARTS) is 1. The molecule has 11 heteroatoms. The summed E-state index contributed by atoms with van der Waals surface area (Å²) in [7, 11) is 0. The summed E-state index contributed by atoms with van der Waals surface area (Å²) < 4.78 is 25.5. The molecule has 0 aliphatic heterocycles. The molecule has 0 spiro atoms. The molecule has 11 nitrogen and oxygen atoms in total. The molecule has 1 unspecified atom stereocenters. The van der Waals surface area contributed by atoms with E-state index in [9.17, 15) is 24.3 Å². The Hall–Kier alpha value is -3.34. The smallest absolute Gasteiger partial charge is 0.480 e. The number of esters is 1. The summed E-state index contributed by atoms with van der Waals surface area (Å²) in [5.41, 5.74) is 4.74. The zero-order valence-electron chi connectivity index (χ0n) is 21.0. The molecule has 2 atom stereocenters. The second-order valence-electron chi connectivity index (χ2n) is 8.71. The van der Waals surface area contributed by atoms with E-state index in [1.807, 2.05) is 6.92 Å². The molecular formula is C24H35NO10. The number of aliphatic carboxylic acids is 1. The van der Waals surface area contributed by atoms with Crippen molar-refractivity contribution < 1.29 is 48.0 Å². The number of carbonyl (C=O) groups is 4. The third kappa shape index (κ3) is 10.6. The van der Waals surface area contributed by atoms with E-state index in [2.05, 4.69) is 0 Å². The minimum atomic E-state index is -1.80. The molecular weight excluding hydrogens is 462 g/mol. The molecule has 1 aromatic carbocycles. The lowest BCUT2D eigenvalue weighted by molar-refractivity contribution is -0.153. The molecule has 35 heavy (non-hydrogen) atoms. The van der Waals surface area contributed by atoms with Gasteiger partial charge in [-0.1, -0.05) is 13.0 Å². The Morgan fingerprint density at radius 2 is 1.46 bits per heavy atom. The predicted molar refractivity (Wildman–Crippen MR) is 124 cm³/mol. The molecule has 0 saturated heterocycles. The molecule has 0 bridgehead atoms. The van der Waals surface area contributed by atoms with E-state index >= 15 is 0 Å². The van der Waals surface area contributed by atoms with E-state index < -0.39 is 48.1 Å². The van der Waals surface area contributed by atoms with Gasteiger partial charge in [-0.05, 0) is 58.7 Å². The first-order valence-corrected chi connectivity index (χ1v) is 11.4. The average Bonchev–Trinajstić information content (AvgIpc) is 2.68. The largest absolute Gasteiger partial charge is 0.514 e. The lowest BCUT2D eigenvalue weighted by atomic mass is 9.86. The molecule has 1 aromatic rings. The second kappa shape index (κ2) is 13.5. The van der Waals surface area contributed by atoms with Crippen LogP contribution >= 0.6 is 0 Å². The number of hydrogen-bond acceptors (Lipinski definition) is 10. The number of ether oxygens (including phenoxy) is 5. The van der Waals surface area contributed by atoms with Gasteiger partial charge in [-0.2, -0.15) is 0 Å². The third-order valence-electron chi connectivity index (χ3n) is 4.44.